The van der Waals surface area contributed by atoms with E-state index in [4.69, 9.17) is 0 Å². The number of hydrogen-bond donors (Lipinski definition) is 2. The maximum Gasteiger partial charge on any atom is 0.325 e. The SMILES string of the molecule is Cc1cccc(NC(=O)NC(=O)CSc2nnc(-c3ccc(F)cc3)n2Cc2ccccc2)c1C. The highest BCUT2D eigenvalue weighted by molar-refractivity contribution is 7.99. The van der Waals surface area contributed by atoms with E-state index in [9.17, 15) is 14.0 Å². The molecule has 4 rings (SSSR count). The molecule has 178 valence electrons. The van der Waals surface area contributed by atoms with E-state index in [-0.39, 0.29) is 11.6 Å². The number of carbonyl (C=O) groups excluding carboxylic acids is 2. The molecule has 4 aromatic rings. The number of aromatic nitrogens is 3. The predicted octanol–water partition coefficient (Wildman–Crippen LogP) is 5.19. The summed E-state index contributed by atoms with van der Waals surface area (Å²) in [6, 6.07) is 20.8. The molecule has 0 unspecified atom stereocenters. The second-order valence-corrected chi connectivity index (χ2v) is 8.87. The van der Waals surface area contributed by atoms with Crippen LogP contribution in [0.25, 0.3) is 11.4 Å². The summed E-state index contributed by atoms with van der Waals surface area (Å²) in [7, 11) is 0. The number of urea groups is 1. The summed E-state index contributed by atoms with van der Waals surface area (Å²) in [5.74, 6) is -0.274. The Hall–Kier alpha value is -3.98. The summed E-state index contributed by atoms with van der Waals surface area (Å²) in [5, 5.41) is 14.1. The van der Waals surface area contributed by atoms with Crippen LogP contribution in [0.1, 0.15) is 16.7 Å². The first-order valence-electron chi connectivity index (χ1n) is 10.9. The van der Waals surface area contributed by atoms with Gasteiger partial charge >= 0.3 is 6.03 Å². The van der Waals surface area contributed by atoms with Crippen LogP contribution in [0.3, 0.4) is 0 Å². The second kappa shape index (κ2) is 11.0. The molecule has 0 saturated carbocycles. The number of aryl methyl sites for hydroxylation is 1. The number of carbonyl (C=O) groups is 2. The lowest BCUT2D eigenvalue weighted by molar-refractivity contribution is -0.117. The van der Waals surface area contributed by atoms with Crippen LogP contribution in [0, 0.1) is 19.7 Å². The minimum Gasteiger partial charge on any atom is -0.307 e. The van der Waals surface area contributed by atoms with Gasteiger partial charge in [0.2, 0.25) is 5.91 Å². The van der Waals surface area contributed by atoms with E-state index in [1.54, 1.807) is 18.2 Å². The number of rotatable bonds is 7. The van der Waals surface area contributed by atoms with Crippen molar-refractivity contribution in [2.24, 2.45) is 0 Å². The molecule has 0 fully saturated rings. The Kier molecular flexibility index (Phi) is 7.57. The van der Waals surface area contributed by atoms with Crippen LogP contribution in [0.15, 0.2) is 78.0 Å². The van der Waals surface area contributed by atoms with Gasteiger partial charge in [-0.1, -0.05) is 54.2 Å². The first-order chi connectivity index (χ1) is 16.9. The largest absolute Gasteiger partial charge is 0.325 e. The molecule has 0 atom stereocenters. The molecule has 2 N–H and O–H groups in total. The normalized spacial score (nSPS) is 10.7. The van der Waals surface area contributed by atoms with E-state index < -0.39 is 11.9 Å². The summed E-state index contributed by atoms with van der Waals surface area (Å²) in [6.07, 6.45) is 0. The minimum atomic E-state index is -0.595. The van der Waals surface area contributed by atoms with Crippen molar-refractivity contribution in [1.82, 2.24) is 20.1 Å². The Balaban J connectivity index is 1.46. The van der Waals surface area contributed by atoms with Crippen molar-refractivity contribution >= 4 is 29.4 Å². The molecule has 0 saturated heterocycles. The summed E-state index contributed by atoms with van der Waals surface area (Å²) in [6.45, 7) is 4.32. The van der Waals surface area contributed by atoms with E-state index in [0.29, 0.717) is 28.8 Å². The van der Waals surface area contributed by atoms with Crippen molar-refractivity contribution in [2.75, 3.05) is 11.1 Å². The average molecular weight is 490 g/mol. The number of anilines is 1. The molecule has 0 radical (unpaired) electrons. The molecule has 0 aliphatic heterocycles. The maximum atomic E-state index is 13.4. The summed E-state index contributed by atoms with van der Waals surface area (Å²) >= 11 is 1.17. The first-order valence-corrected chi connectivity index (χ1v) is 11.9. The van der Waals surface area contributed by atoms with Gasteiger partial charge in [0.05, 0.1) is 12.3 Å². The zero-order valence-electron chi connectivity index (χ0n) is 19.3. The molecular weight excluding hydrogens is 465 g/mol. The highest BCUT2D eigenvalue weighted by Crippen LogP contribution is 2.25. The van der Waals surface area contributed by atoms with Gasteiger partial charge < -0.3 is 5.32 Å². The third-order valence-corrected chi connectivity index (χ3v) is 6.41. The topological polar surface area (TPSA) is 88.9 Å². The number of imide groups is 1. The predicted molar refractivity (Wildman–Crippen MR) is 135 cm³/mol. The van der Waals surface area contributed by atoms with Crippen molar-refractivity contribution in [2.45, 2.75) is 25.5 Å². The molecule has 1 aromatic heterocycles. The monoisotopic (exact) mass is 489 g/mol. The lowest BCUT2D eigenvalue weighted by Crippen LogP contribution is -2.35. The zero-order valence-corrected chi connectivity index (χ0v) is 20.1. The van der Waals surface area contributed by atoms with Gasteiger partial charge in [-0.3, -0.25) is 14.7 Å². The lowest BCUT2D eigenvalue weighted by Gasteiger charge is -2.12. The van der Waals surface area contributed by atoms with Gasteiger partial charge in [0.15, 0.2) is 11.0 Å². The van der Waals surface area contributed by atoms with Crippen LogP contribution in [0.4, 0.5) is 14.9 Å². The molecule has 1 heterocycles. The molecule has 0 aliphatic carbocycles. The van der Waals surface area contributed by atoms with Crippen LogP contribution < -0.4 is 10.6 Å². The molecule has 9 heteroatoms. The molecule has 0 bridgehead atoms. The van der Waals surface area contributed by atoms with E-state index in [1.165, 1.54) is 23.9 Å². The Labute approximate surface area is 206 Å². The Morgan fingerprint density at radius 3 is 2.43 bits per heavy atom. The van der Waals surface area contributed by atoms with Gasteiger partial charge in [0, 0.05) is 11.3 Å². The highest BCUT2D eigenvalue weighted by Gasteiger charge is 2.17. The fraction of sp³-hybridized carbons (Fsp3) is 0.154. The fourth-order valence-corrected chi connectivity index (χ4v) is 4.19. The van der Waals surface area contributed by atoms with Gasteiger partial charge in [-0.2, -0.15) is 0 Å². The number of amides is 3. The van der Waals surface area contributed by atoms with Crippen molar-refractivity contribution in [3.05, 3.63) is 95.3 Å². The number of nitrogens with zero attached hydrogens (tertiary/aromatic N) is 3. The average Bonchev–Trinajstić information content (AvgIpc) is 3.24. The third-order valence-electron chi connectivity index (χ3n) is 5.44. The first kappa shape index (κ1) is 24.2. The standard InChI is InChI=1S/C26H24FN5O2S/c1-17-7-6-10-22(18(17)2)28-25(34)29-23(33)16-35-26-31-30-24(20-11-13-21(27)14-12-20)32(26)15-19-8-4-3-5-9-19/h3-14H,15-16H2,1-2H3,(H2,28,29,33,34). The van der Waals surface area contributed by atoms with E-state index in [0.717, 1.165) is 16.7 Å². The molecule has 3 amide bonds. The Bertz CT molecular complexity index is 1340. The van der Waals surface area contributed by atoms with Crippen molar-refractivity contribution in [1.29, 1.82) is 0 Å². The number of benzene rings is 3. The van der Waals surface area contributed by atoms with Gasteiger partial charge in [-0.25, -0.2) is 9.18 Å². The minimum absolute atomic E-state index is 0.0312. The summed E-state index contributed by atoms with van der Waals surface area (Å²) in [4.78, 5) is 24.8. The smallest absolute Gasteiger partial charge is 0.307 e. The molecular formula is C26H24FN5O2S. The molecule has 7 nitrogen and oxygen atoms in total. The number of halogens is 1. The van der Waals surface area contributed by atoms with Crippen LogP contribution >= 0.6 is 11.8 Å². The number of thioether (sulfide) groups is 1. The molecule has 35 heavy (non-hydrogen) atoms. The zero-order chi connectivity index (χ0) is 24.8. The Morgan fingerprint density at radius 2 is 1.69 bits per heavy atom. The lowest BCUT2D eigenvalue weighted by atomic mass is 10.1. The van der Waals surface area contributed by atoms with Crippen LogP contribution in [-0.2, 0) is 11.3 Å². The van der Waals surface area contributed by atoms with Crippen LogP contribution in [0.2, 0.25) is 0 Å². The van der Waals surface area contributed by atoms with Crippen molar-refractivity contribution in [3.8, 4) is 11.4 Å². The molecule has 0 spiro atoms. The van der Waals surface area contributed by atoms with Gasteiger partial charge in [0.25, 0.3) is 0 Å². The molecule has 3 aromatic carbocycles. The number of hydrogen-bond acceptors (Lipinski definition) is 5. The van der Waals surface area contributed by atoms with Gasteiger partial charge in [-0.15, -0.1) is 10.2 Å². The van der Waals surface area contributed by atoms with Crippen LogP contribution in [-0.4, -0.2) is 32.5 Å². The second-order valence-electron chi connectivity index (χ2n) is 7.92. The highest BCUT2D eigenvalue weighted by atomic mass is 32.2. The summed E-state index contributed by atoms with van der Waals surface area (Å²) in [5.41, 5.74) is 4.36. The number of nitrogens with one attached hydrogen (secondary N) is 2. The fourth-order valence-electron chi connectivity index (χ4n) is 3.45. The maximum absolute atomic E-state index is 13.4. The quantitative estimate of drug-likeness (QED) is 0.349. The van der Waals surface area contributed by atoms with Crippen molar-refractivity contribution < 1.29 is 14.0 Å². The van der Waals surface area contributed by atoms with E-state index >= 15 is 0 Å². The van der Waals surface area contributed by atoms with Gasteiger partial charge in [0.1, 0.15) is 5.82 Å². The summed E-state index contributed by atoms with van der Waals surface area (Å²) < 4.78 is 15.3. The van der Waals surface area contributed by atoms with E-state index in [2.05, 4.69) is 20.8 Å². The van der Waals surface area contributed by atoms with Crippen molar-refractivity contribution in [3.63, 3.8) is 0 Å². The third kappa shape index (κ3) is 6.13. The Morgan fingerprint density at radius 1 is 0.943 bits per heavy atom. The molecule has 0 aliphatic rings. The van der Waals surface area contributed by atoms with Crippen LogP contribution in [0.5, 0.6) is 0 Å². The van der Waals surface area contributed by atoms with E-state index in [1.807, 2.05) is 60.9 Å². The van der Waals surface area contributed by atoms with Gasteiger partial charge in [-0.05, 0) is 60.9 Å².